The Hall–Kier alpha value is -1.69. The van der Waals surface area contributed by atoms with Gasteiger partial charge >= 0.3 is 0 Å². The highest BCUT2D eigenvalue weighted by Crippen LogP contribution is 2.11. The van der Waals surface area contributed by atoms with E-state index in [4.69, 9.17) is 9.66 Å². The van der Waals surface area contributed by atoms with Crippen molar-refractivity contribution in [2.75, 3.05) is 6.61 Å². The topological polar surface area (TPSA) is 74.6 Å². The van der Waals surface area contributed by atoms with Gasteiger partial charge in [0.05, 0.1) is 11.5 Å². The van der Waals surface area contributed by atoms with Crippen molar-refractivity contribution in [3.8, 4) is 0 Å². The van der Waals surface area contributed by atoms with E-state index in [1.54, 1.807) is 12.1 Å². The third kappa shape index (κ3) is 14.1. The minimum atomic E-state index is -4.02. The number of aliphatic hydroxyl groups excluding tert-OH is 1. The maximum Gasteiger partial charge on any atom is 0.294 e. The molecule has 5 heteroatoms. The Morgan fingerprint density at radius 1 is 0.889 bits per heavy atom. The van der Waals surface area contributed by atoms with Crippen LogP contribution in [0.3, 0.4) is 0 Å². The Balaban J connectivity index is 0.000000533. The molecule has 4 nitrogen and oxygen atoms in total. The summed E-state index contributed by atoms with van der Waals surface area (Å²) in [5.74, 6) is 0. The third-order valence-electron chi connectivity index (χ3n) is 3.88. The van der Waals surface area contributed by atoms with E-state index in [9.17, 15) is 8.42 Å². The number of aryl methyl sites for hydroxylation is 1. The Kier molecular flexibility index (Phi) is 12.6. The molecule has 0 saturated heterocycles. The molecule has 0 aliphatic rings. The molecule has 0 fully saturated rings. The fourth-order valence-electron chi connectivity index (χ4n) is 2.20. The first-order chi connectivity index (χ1) is 12.6. The number of aliphatic hydroxyl groups is 1. The maximum atomic E-state index is 10.5. The molecule has 0 bridgehead atoms. The smallest absolute Gasteiger partial charge is 0.294 e. The molecule has 152 valence electrons. The predicted octanol–water partition coefficient (Wildman–Crippen LogP) is 5.64. The minimum Gasteiger partial charge on any atom is -0.392 e. The SMILES string of the molecule is CC(C)=CCCC(C)=CCCC(C)=CCO.Cc1ccc(S(=O)(=O)O)cc1. The Labute approximate surface area is 165 Å². The van der Waals surface area contributed by atoms with Crippen LogP contribution in [0.25, 0.3) is 0 Å². The first-order valence-corrected chi connectivity index (χ1v) is 10.6. The van der Waals surface area contributed by atoms with E-state index in [-0.39, 0.29) is 11.5 Å². The molecule has 0 unspecified atom stereocenters. The van der Waals surface area contributed by atoms with Gasteiger partial charge in [0.25, 0.3) is 10.1 Å². The lowest BCUT2D eigenvalue weighted by Crippen LogP contribution is -1.96. The van der Waals surface area contributed by atoms with E-state index in [1.165, 1.54) is 28.9 Å². The van der Waals surface area contributed by atoms with Crippen molar-refractivity contribution in [2.24, 2.45) is 0 Å². The van der Waals surface area contributed by atoms with Gasteiger partial charge in [-0.05, 0) is 72.4 Å². The van der Waals surface area contributed by atoms with E-state index in [0.29, 0.717) is 0 Å². The molecule has 0 atom stereocenters. The highest BCUT2D eigenvalue weighted by Gasteiger charge is 2.06. The van der Waals surface area contributed by atoms with E-state index >= 15 is 0 Å². The molecule has 1 rings (SSSR count). The number of hydrogen-bond donors (Lipinski definition) is 2. The van der Waals surface area contributed by atoms with Gasteiger partial charge in [0, 0.05) is 0 Å². The zero-order chi connectivity index (χ0) is 20.9. The van der Waals surface area contributed by atoms with Gasteiger partial charge in [-0.15, -0.1) is 0 Å². The second-order valence-corrected chi connectivity index (χ2v) is 8.35. The first kappa shape index (κ1) is 25.3. The summed E-state index contributed by atoms with van der Waals surface area (Å²) in [4.78, 5) is -0.0666. The fraction of sp³-hybridized carbons (Fsp3) is 0.455. The highest BCUT2D eigenvalue weighted by molar-refractivity contribution is 7.85. The fourth-order valence-corrected chi connectivity index (χ4v) is 2.68. The molecule has 0 aliphatic heterocycles. The number of allylic oxidation sites excluding steroid dienone is 5. The van der Waals surface area contributed by atoms with Crippen molar-refractivity contribution in [1.29, 1.82) is 0 Å². The van der Waals surface area contributed by atoms with Gasteiger partial charge in [-0.25, -0.2) is 0 Å². The second-order valence-electron chi connectivity index (χ2n) is 6.93. The Morgan fingerprint density at radius 2 is 1.37 bits per heavy atom. The molecule has 0 radical (unpaired) electrons. The molecule has 0 spiro atoms. The summed E-state index contributed by atoms with van der Waals surface area (Å²) in [6.07, 6.45) is 10.9. The average molecular weight is 395 g/mol. The van der Waals surface area contributed by atoms with Gasteiger partial charge in [0.1, 0.15) is 0 Å². The van der Waals surface area contributed by atoms with Crippen LogP contribution < -0.4 is 0 Å². The lowest BCUT2D eigenvalue weighted by Gasteiger charge is -2.00. The zero-order valence-electron chi connectivity index (χ0n) is 17.2. The molecule has 27 heavy (non-hydrogen) atoms. The number of rotatable bonds is 8. The van der Waals surface area contributed by atoms with Gasteiger partial charge in [-0.1, -0.05) is 52.6 Å². The van der Waals surface area contributed by atoms with Crippen LogP contribution in [0.4, 0.5) is 0 Å². The standard InChI is InChI=1S/C15H26O.C7H8O3S/c1-13(2)7-5-8-14(3)9-6-10-15(4)11-12-16;1-6-2-4-7(5-3-6)11(8,9)10/h7,9,11,16H,5-6,8,10,12H2,1-4H3;2-5H,1H3,(H,8,9,10). The first-order valence-electron chi connectivity index (χ1n) is 9.16. The van der Waals surface area contributed by atoms with Gasteiger partial charge in [0.2, 0.25) is 0 Å². The molecular weight excluding hydrogens is 360 g/mol. The van der Waals surface area contributed by atoms with Crippen LogP contribution in [0.15, 0.2) is 64.1 Å². The van der Waals surface area contributed by atoms with Crippen LogP contribution in [0.1, 0.15) is 58.9 Å². The lowest BCUT2D eigenvalue weighted by atomic mass is 10.1. The average Bonchev–Trinajstić information content (AvgIpc) is 2.55. The summed E-state index contributed by atoms with van der Waals surface area (Å²) in [7, 11) is -4.02. The Morgan fingerprint density at radius 3 is 1.81 bits per heavy atom. The largest absolute Gasteiger partial charge is 0.392 e. The van der Waals surface area contributed by atoms with E-state index < -0.39 is 10.1 Å². The summed E-state index contributed by atoms with van der Waals surface area (Å²) in [5, 5.41) is 8.72. The molecule has 0 aromatic heterocycles. The summed E-state index contributed by atoms with van der Waals surface area (Å²) >= 11 is 0. The Bertz CT molecular complexity index is 735. The van der Waals surface area contributed by atoms with Crippen LogP contribution in [-0.2, 0) is 10.1 Å². The van der Waals surface area contributed by atoms with Gasteiger partial charge < -0.3 is 5.11 Å². The van der Waals surface area contributed by atoms with Crippen LogP contribution in [0.2, 0.25) is 0 Å². The van der Waals surface area contributed by atoms with Crippen LogP contribution in [-0.4, -0.2) is 24.7 Å². The van der Waals surface area contributed by atoms with Crippen molar-refractivity contribution in [2.45, 2.75) is 65.2 Å². The predicted molar refractivity (Wildman–Crippen MR) is 113 cm³/mol. The normalized spacial score (nSPS) is 12.3. The second kappa shape index (κ2) is 13.5. The van der Waals surface area contributed by atoms with Crippen LogP contribution in [0.5, 0.6) is 0 Å². The maximum absolute atomic E-state index is 10.5. The van der Waals surface area contributed by atoms with Crippen molar-refractivity contribution in [3.63, 3.8) is 0 Å². The van der Waals surface area contributed by atoms with E-state index in [0.717, 1.165) is 31.2 Å². The molecule has 0 aliphatic carbocycles. The molecule has 0 saturated carbocycles. The third-order valence-corrected chi connectivity index (χ3v) is 4.75. The monoisotopic (exact) mass is 394 g/mol. The highest BCUT2D eigenvalue weighted by atomic mass is 32.2. The van der Waals surface area contributed by atoms with Crippen molar-refractivity contribution >= 4 is 10.1 Å². The number of benzene rings is 1. The lowest BCUT2D eigenvalue weighted by molar-refractivity contribution is 0.341. The number of hydrogen-bond acceptors (Lipinski definition) is 3. The molecule has 0 heterocycles. The van der Waals surface area contributed by atoms with E-state index in [1.807, 2.05) is 13.0 Å². The van der Waals surface area contributed by atoms with Gasteiger partial charge in [0.15, 0.2) is 0 Å². The van der Waals surface area contributed by atoms with Crippen molar-refractivity contribution in [3.05, 3.63) is 64.8 Å². The summed E-state index contributed by atoms with van der Waals surface area (Å²) in [6, 6.07) is 5.99. The van der Waals surface area contributed by atoms with Crippen LogP contribution in [0, 0.1) is 6.92 Å². The van der Waals surface area contributed by atoms with Gasteiger partial charge in [-0.2, -0.15) is 8.42 Å². The molecule has 1 aromatic carbocycles. The van der Waals surface area contributed by atoms with Crippen LogP contribution >= 0.6 is 0 Å². The minimum absolute atomic E-state index is 0.0666. The molecule has 0 amide bonds. The summed E-state index contributed by atoms with van der Waals surface area (Å²) in [6.45, 7) is 10.6. The zero-order valence-corrected chi connectivity index (χ0v) is 18.0. The quantitative estimate of drug-likeness (QED) is 0.442. The molecule has 2 N–H and O–H groups in total. The van der Waals surface area contributed by atoms with Crippen molar-refractivity contribution in [1.82, 2.24) is 0 Å². The van der Waals surface area contributed by atoms with E-state index in [2.05, 4.69) is 39.8 Å². The van der Waals surface area contributed by atoms with Crippen molar-refractivity contribution < 1.29 is 18.1 Å². The molecular formula is C22H34O4S. The summed E-state index contributed by atoms with van der Waals surface area (Å²) < 4.78 is 29.6. The molecule has 1 aromatic rings. The van der Waals surface area contributed by atoms with Gasteiger partial charge in [-0.3, -0.25) is 4.55 Å². The summed E-state index contributed by atoms with van der Waals surface area (Å²) in [5.41, 5.74) is 5.09.